The molecule has 0 spiro atoms. The third kappa shape index (κ3) is 1.68. The Morgan fingerprint density at radius 2 is 1.89 bits per heavy atom. The predicted octanol–water partition coefficient (Wildman–Crippen LogP) is 2.95. The van der Waals surface area contributed by atoms with Gasteiger partial charge in [0.15, 0.2) is 6.29 Å². The van der Waals surface area contributed by atoms with E-state index in [1.54, 1.807) is 34.9 Å². The smallest absolute Gasteiger partial charge is 0.166 e. The van der Waals surface area contributed by atoms with Crippen LogP contribution in [-0.4, -0.2) is 15.7 Å². The molecule has 1 aromatic carbocycles. The van der Waals surface area contributed by atoms with Gasteiger partial charge in [0.25, 0.3) is 0 Å². The third-order valence-electron chi connectivity index (χ3n) is 2.78. The van der Waals surface area contributed by atoms with E-state index in [4.69, 9.17) is 0 Å². The minimum Gasteiger partial charge on any atom is -0.296 e. The van der Waals surface area contributed by atoms with E-state index in [1.807, 2.05) is 6.07 Å². The molecule has 3 rings (SSSR count). The molecular formula is C14H9FN2O. The molecule has 18 heavy (non-hydrogen) atoms. The van der Waals surface area contributed by atoms with E-state index in [0.29, 0.717) is 17.0 Å². The van der Waals surface area contributed by atoms with E-state index in [0.717, 1.165) is 11.8 Å². The first-order valence-electron chi connectivity index (χ1n) is 5.47. The molecule has 0 atom stereocenters. The summed E-state index contributed by atoms with van der Waals surface area (Å²) in [5.41, 5.74) is 2.76. The van der Waals surface area contributed by atoms with Gasteiger partial charge in [-0.3, -0.25) is 9.20 Å². The Morgan fingerprint density at radius 3 is 2.61 bits per heavy atom. The highest BCUT2D eigenvalue weighted by Gasteiger charge is 2.06. The highest BCUT2D eigenvalue weighted by Crippen LogP contribution is 2.20. The number of fused-ring (bicyclic) bond motifs is 1. The van der Waals surface area contributed by atoms with Crippen LogP contribution in [0.5, 0.6) is 0 Å². The van der Waals surface area contributed by atoms with Gasteiger partial charge in [0.1, 0.15) is 11.5 Å². The third-order valence-corrected chi connectivity index (χ3v) is 2.78. The molecule has 3 nitrogen and oxygen atoms in total. The maximum Gasteiger partial charge on any atom is 0.166 e. The van der Waals surface area contributed by atoms with Gasteiger partial charge < -0.3 is 0 Å². The largest absolute Gasteiger partial charge is 0.296 e. The Morgan fingerprint density at radius 1 is 1.11 bits per heavy atom. The number of halogens is 1. The van der Waals surface area contributed by atoms with Gasteiger partial charge in [0, 0.05) is 11.8 Å². The Labute approximate surface area is 103 Å². The lowest BCUT2D eigenvalue weighted by Crippen LogP contribution is -1.91. The number of hydrogen-bond donors (Lipinski definition) is 0. The molecule has 0 aliphatic rings. The summed E-state index contributed by atoms with van der Waals surface area (Å²) in [7, 11) is 0. The maximum atomic E-state index is 12.9. The van der Waals surface area contributed by atoms with Gasteiger partial charge in [-0.15, -0.1) is 0 Å². The normalized spacial score (nSPS) is 10.7. The molecule has 88 valence electrons. The fraction of sp³-hybridized carbons (Fsp3) is 0. The first-order valence-corrected chi connectivity index (χ1v) is 5.47. The number of carbonyl (C=O) groups excluding carboxylic acids is 1. The minimum atomic E-state index is -0.281. The van der Waals surface area contributed by atoms with Crippen molar-refractivity contribution in [3.8, 4) is 11.3 Å². The van der Waals surface area contributed by atoms with E-state index in [9.17, 15) is 9.18 Å². The second-order valence-electron chi connectivity index (χ2n) is 3.93. The summed E-state index contributed by atoms with van der Waals surface area (Å²) in [6.07, 6.45) is 2.55. The van der Waals surface area contributed by atoms with Crippen molar-refractivity contribution in [3.05, 3.63) is 60.2 Å². The second kappa shape index (κ2) is 4.07. The van der Waals surface area contributed by atoms with Crippen LogP contribution < -0.4 is 0 Å². The number of benzene rings is 1. The monoisotopic (exact) mass is 240 g/mol. The van der Waals surface area contributed by atoms with Gasteiger partial charge in [-0.1, -0.05) is 6.07 Å². The SMILES string of the molecule is O=Cc1cccc2nc(-c3ccc(F)cc3)cn12. The van der Waals surface area contributed by atoms with Crippen molar-refractivity contribution in [3.63, 3.8) is 0 Å². The van der Waals surface area contributed by atoms with Crippen molar-refractivity contribution in [1.29, 1.82) is 0 Å². The van der Waals surface area contributed by atoms with Crippen molar-refractivity contribution in [2.24, 2.45) is 0 Å². The van der Waals surface area contributed by atoms with Crippen LogP contribution in [0.2, 0.25) is 0 Å². The molecule has 0 N–H and O–H groups in total. The van der Waals surface area contributed by atoms with Crippen LogP contribution in [0.4, 0.5) is 4.39 Å². The van der Waals surface area contributed by atoms with Gasteiger partial charge in [0.2, 0.25) is 0 Å². The van der Waals surface area contributed by atoms with Gasteiger partial charge in [-0.05, 0) is 36.4 Å². The highest BCUT2D eigenvalue weighted by atomic mass is 19.1. The van der Waals surface area contributed by atoms with Crippen molar-refractivity contribution in [2.75, 3.05) is 0 Å². The molecular weight excluding hydrogens is 231 g/mol. The Balaban J connectivity index is 2.19. The molecule has 0 unspecified atom stereocenters. The number of nitrogens with zero attached hydrogens (tertiary/aromatic N) is 2. The van der Waals surface area contributed by atoms with Gasteiger partial charge in [0.05, 0.1) is 11.4 Å². The van der Waals surface area contributed by atoms with Crippen LogP contribution in [0, 0.1) is 5.82 Å². The van der Waals surface area contributed by atoms with Crippen LogP contribution in [0.1, 0.15) is 10.5 Å². The molecule has 0 saturated heterocycles. The lowest BCUT2D eigenvalue weighted by molar-refractivity contribution is 0.111. The quantitative estimate of drug-likeness (QED) is 0.645. The van der Waals surface area contributed by atoms with Crippen LogP contribution in [0.3, 0.4) is 0 Å². The molecule has 0 bridgehead atoms. The molecule has 0 fully saturated rings. The molecule has 0 saturated carbocycles. The average molecular weight is 240 g/mol. The van der Waals surface area contributed by atoms with Crippen LogP contribution in [0.25, 0.3) is 16.9 Å². The van der Waals surface area contributed by atoms with E-state index in [2.05, 4.69) is 4.98 Å². The minimum absolute atomic E-state index is 0.281. The standard InChI is InChI=1S/C14H9FN2O/c15-11-6-4-10(5-7-11)13-8-17-12(9-18)2-1-3-14(17)16-13/h1-9H. The lowest BCUT2D eigenvalue weighted by Gasteiger charge is -1.95. The number of pyridine rings is 1. The van der Waals surface area contributed by atoms with Crippen LogP contribution in [0.15, 0.2) is 48.7 Å². The fourth-order valence-electron chi connectivity index (χ4n) is 1.89. The molecule has 4 heteroatoms. The van der Waals surface area contributed by atoms with E-state index in [-0.39, 0.29) is 5.82 Å². The summed E-state index contributed by atoms with van der Waals surface area (Å²) in [6, 6.07) is 11.4. The number of rotatable bonds is 2. The van der Waals surface area contributed by atoms with Crippen molar-refractivity contribution in [1.82, 2.24) is 9.38 Å². The summed E-state index contributed by atoms with van der Waals surface area (Å²) in [4.78, 5) is 15.3. The summed E-state index contributed by atoms with van der Waals surface area (Å²) in [5, 5.41) is 0. The average Bonchev–Trinajstić information content (AvgIpc) is 2.83. The molecule has 0 aliphatic carbocycles. The zero-order valence-electron chi connectivity index (χ0n) is 9.38. The van der Waals surface area contributed by atoms with Gasteiger partial charge in [-0.25, -0.2) is 9.37 Å². The number of aldehydes is 1. The van der Waals surface area contributed by atoms with E-state index < -0.39 is 0 Å². The van der Waals surface area contributed by atoms with Crippen LogP contribution >= 0.6 is 0 Å². The lowest BCUT2D eigenvalue weighted by atomic mass is 10.2. The molecule has 0 radical (unpaired) electrons. The molecule has 0 aliphatic heterocycles. The summed E-state index contributed by atoms with van der Waals surface area (Å²) in [5.74, 6) is -0.281. The van der Waals surface area contributed by atoms with Gasteiger partial charge >= 0.3 is 0 Å². The Bertz CT molecular complexity index is 716. The number of carbonyl (C=O) groups is 1. The molecule has 0 amide bonds. The Kier molecular flexibility index (Phi) is 2.41. The highest BCUT2D eigenvalue weighted by molar-refractivity contribution is 5.75. The first kappa shape index (κ1) is 10.7. The van der Waals surface area contributed by atoms with Crippen molar-refractivity contribution < 1.29 is 9.18 Å². The number of hydrogen-bond acceptors (Lipinski definition) is 2. The first-order chi connectivity index (χ1) is 8.78. The molecule has 2 aromatic heterocycles. The second-order valence-corrected chi connectivity index (χ2v) is 3.93. The summed E-state index contributed by atoms with van der Waals surface area (Å²) in [6.45, 7) is 0. The van der Waals surface area contributed by atoms with Crippen LogP contribution in [-0.2, 0) is 0 Å². The number of aromatic nitrogens is 2. The van der Waals surface area contributed by atoms with Gasteiger partial charge in [-0.2, -0.15) is 0 Å². The summed E-state index contributed by atoms with van der Waals surface area (Å²) >= 11 is 0. The molecule has 2 heterocycles. The maximum absolute atomic E-state index is 12.9. The molecule has 3 aromatic rings. The zero-order chi connectivity index (χ0) is 12.5. The van der Waals surface area contributed by atoms with E-state index >= 15 is 0 Å². The van der Waals surface area contributed by atoms with E-state index in [1.165, 1.54) is 12.1 Å². The zero-order valence-corrected chi connectivity index (χ0v) is 9.38. The topological polar surface area (TPSA) is 34.4 Å². The van der Waals surface area contributed by atoms with Crippen molar-refractivity contribution in [2.45, 2.75) is 0 Å². The summed E-state index contributed by atoms with van der Waals surface area (Å²) < 4.78 is 14.6. The van der Waals surface area contributed by atoms with Crippen molar-refractivity contribution >= 4 is 11.9 Å². The number of imidazole rings is 1. The fourth-order valence-corrected chi connectivity index (χ4v) is 1.89. The Hall–Kier alpha value is -2.49. The predicted molar refractivity (Wildman–Crippen MR) is 66.0 cm³/mol.